The number of pyridine rings is 1. The van der Waals surface area contributed by atoms with Crippen molar-refractivity contribution in [3.63, 3.8) is 0 Å². The van der Waals surface area contributed by atoms with Crippen LogP contribution in [-0.4, -0.2) is 11.6 Å². The van der Waals surface area contributed by atoms with Crippen LogP contribution in [-0.2, 0) is 17.8 Å². The molecule has 1 aromatic heterocycles. The molecule has 0 radical (unpaired) electrons. The minimum atomic E-state index is -0.675. The topological polar surface area (TPSA) is 22.1 Å². The number of halogens is 4. The second kappa shape index (κ2) is 4.49. The molecule has 18 heavy (non-hydrogen) atoms. The first kappa shape index (κ1) is 12.4. The van der Waals surface area contributed by atoms with E-state index < -0.39 is 5.82 Å². The SMILES string of the molecule is Fc1c(Cl)cc2nc3c(c(Cl)c2c1Cl)COCC3. The maximum absolute atomic E-state index is 13.7. The molecule has 2 aromatic rings. The van der Waals surface area contributed by atoms with Gasteiger partial charge in [0.15, 0.2) is 5.82 Å². The summed E-state index contributed by atoms with van der Waals surface area (Å²) in [5.74, 6) is -0.675. The van der Waals surface area contributed by atoms with E-state index in [1.807, 2.05) is 0 Å². The van der Waals surface area contributed by atoms with E-state index in [4.69, 9.17) is 39.5 Å². The van der Waals surface area contributed by atoms with Crippen molar-refractivity contribution in [2.75, 3.05) is 6.61 Å². The fraction of sp³-hybridized carbons (Fsp3) is 0.250. The predicted molar refractivity (Wildman–Crippen MR) is 70.1 cm³/mol. The van der Waals surface area contributed by atoms with Crippen molar-refractivity contribution < 1.29 is 9.13 Å². The Balaban J connectivity index is 2.43. The molecule has 1 aliphatic rings. The molecule has 0 aliphatic carbocycles. The molecule has 0 amide bonds. The third kappa shape index (κ3) is 1.77. The Morgan fingerprint density at radius 2 is 2.00 bits per heavy atom. The van der Waals surface area contributed by atoms with E-state index >= 15 is 0 Å². The predicted octanol–water partition coefficient (Wildman–Crippen LogP) is 4.41. The summed E-state index contributed by atoms with van der Waals surface area (Å²) in [6.45, 7) is 0.974. The van der Waals surface area contributed by atoms with Gasteiger partial charge in [0.2, 0.25) is 0 Å². The molecule has 1 aromatic carbocycles. The fourth-order valence-electron chi connectivity index (χ4n) is 2.07. The lowest BCUT2D eigenvalue weighted by Crippen LogP contribution is -2.12. The van der Waals surface area contributed by atoms with Gasteiger partial charge in [0.25, 0.3) is 0 Å². The normalized spacial score (nSPS) is 14.9. The van der Waals surface area contributed by atoms with E-state index in [2.05, 4.69) is 4.98 Å². The van der Waals surface area contributed by atoms with E-state index in [0.717, 1.165) is 11.3 Å². The highest BCUT2D eigenvalue weighted by atomic mass is 35.5. The number of nitrogens with zero attached hydrogens (tertiary/aromatic N) is 1. The summed E-state index contributed by atoms with van der Waals surface area (Å²) in [5, 5.41) is 0.645. The number of benzene rings is 1. The molecular formula is C12H7Cl3FNO. The lowest BCUT2D eigenvalue weighted by atomic mass is 10.1. The number of aromatic nitrogens is 1. The van der Waals surface area contributed by atoms with Gasteiger partial charge in [-0.15, -0.1) is 0 Å². The zero-order valence-corrected chi connectivity index (χ0v) is 11.3. The maximum Gasteiger partial charge on any atom is 0.161 e. The van der Waals surface area contributed by atoms with Gasteiger partial charge >= 0.3 is 0 Å². The maximum atomic E-state index is 13.7. The Morgan fingerprint density at radius 3 is 2.78 bits per heavy atom. The number of hydrogen-bond donors (Lipinski definition) is 0. The van der Waals surface area contributed by atoms with Crippen LogP contribution in [0.3, 0.4) is 0 Å². The molecule has 2 heterocycles. The average molecular weight is 307 g/mol. The Hall–Kier alpha value is -0.610. The third-order valence-corrected chi connectivity index (χ3v) is 4.01. The summed E-state index contributed by atoms with van der Waals surface area (Å²) in [4.78, 5) is 4.44. The van der Waals surface area contributed by atoms with Crippen molar-refractivity contribution in [3.8, 4) is 0 Å². The van der Waals surface area contributed by atoms with Gasteiger partial charge in [-0.1, -0.05) is 34.8 Å². The standard InChI is InChI=1S/C12H7Cl3FNO/c13-6-3-8-9(11(15)12(6)16)10(14)5-4-18-2-1-7(5)17-8/h3H,1-2,4H2. The molecule has 0 saturated carbocycles. The van der Waals surface area contributed by atoms with Crippen LogP contribution >= 0.6 is 34.8 Å². The average Bonchev–Trinajstić information content (AvgIpc) is 2.36. The molecule has 0 bridgehead atoms. The monoisotopic (exact) mass is 305 g/mol. The summed E-state index contributed by atoms with van der Waals surface area (Å²) >= 11 is 18.0. The van der Waals surface area contributed by atoms with E-state index in [1.165, 1.54) is 6.07 Å². The molecule has 0 atom stereocenters. The van der Waals surface area contributed by atoms with Crippen LogP contribution < -0.4 is 0 Å². The minimum Gasteiger partial charge on any atom is -0.376 e. The molecule has 6 heteroatoms. The zero-order chi connectivity index (χ0) is 12.9. The molecular weight excluding hydrogens is 299 g/mol. The Morgan fingerprint density at radius 1 is 1.22 bits per heavy atom. The van der Waals surface area contributed by atoms with Gasteiger partial charge in [-0.25, -0.2) is 4.39 Å². The van der Waals surface area contributed by atoms with Gasteiger partial charge in [0.1, 0.15) is 0 Å². The van der Waals surface area contributed by atoms with Crippen LogP contribution in [0.5, 0.6) is 0 Å². The summed E-state index contributed by atoms with van der Waals surface area (Å²) < 4.78 is 19.0. The van der Waals surface area contributed by atoms with Crippen molar-refractivity contribution in [1.82, 2.24) is 4.98 Å². The highest BCUT2D eigenvalue weighted by Crippen LogP contribution is 2.38. The Kier molecular flexibility index (Phi) is 3.10. The van der Waals surface area contributed by atoms with Gasteiger partial charge in [0, 0.05) is 17.4 Å². The molecule has 3 rings (SSSR count). The Labute approximate surface area is 118 Å². The van der Waals surface area contributed by atoms with Crippen molar-refractivity contribution in [3.05, 3.63) is 38.2 Å². The zero-order valence-electron chi connectivity index (χ0n) is 9.07. The van der Waals surface area contributed by atoms with Gasteiger partial charge in [0.05, 0.1) is 39.5 Å². The smallest absolute Gasteiger partial charge is 0.161 e. The van der Waals surface area contributed by atoms with Gasteiger partial charge in [-0.2, -0.15) is 0 Å². The highest BCUT2D eigenvalue weighted by molar-refractivity contribution is 6.44. The third-order valence-electron chi connectivity index (χ3n) is 2.96. The summed E-state index contributed by atoms with van der Waals surface area (Å²) in [7, 11) is 0. The van der Waals surface area contributed by atoms with Crippen LogP contribution in [0.1, 0.15) is 11.3 Å². The second-order valence-electron chi connectivity index (χ2n) is 4.03. The molecule has 2 nitrogen and oxygen atoms in total. The molecule has 94 valence electrons. The molecule has 0 unspecified atom stereocenters. The number of fused-ring (bicyclic) bond motifs is 2. The number of ether oxygens (including phenoxy) is 1. The molecule has 0 fully saturated rings. The van der Waals surface area contributed by atoms with Crippen LogP contribution in [0.2, 0.25) is 15.1 Å². The largest absolute Gasteiger partial charge is 0.376 e. The summed E-state index contributed by atoms with van der Waals surface area (Å²) in [6, 6.07) is 1.44. The van der Waals surface area contributed by atoms with Crippen molar-refractivity contribution in [1.29, 1.82) is 0 Å². The second-order valence-corrected chi connectivity index (χ2v) is 5.20. The van der Waals surface area contributed by atoms with Gasteiger partial charge in [-0.3, -0.25) is 4.98 Å². The quantitative estimate of drug-likeness (QED) is 0.673. The molecule has 0 spiro atoms. The lowest BCUT2D eigenvalue weighted by molar-refractivity contribution is 0.109. The number of hydrogen-bond acceptors (Lipinski definition) is 2. The summed E-state index contributed by atoms with van der Waals surface area (Å²) in [5.41, 5.74) is 2.15. The summed E-state index contributed by atoms with van der Waals surface area (Å²) in [6.07, 6.45) is 0.678. The van der Waals surface area contributed by atoms with Crippen molar-refractivity contribution in [2.24, 2.45) is 0 Å². The van der Waals surface area contributed by atoms with E-state index in [-0.39, 0.29) is 10.0 Å². The van der Waals surface area contributed by atoms with Crippen molar-refractivity contribution >= 4 is 45.7 Å². The van der Waals surface area contributed by atoms with E-state index in [1.54, 1.807) is 0 Å². The molecule has 1 aliphatic heterocycles. The Bertz CT molecular complexity index is 660. The van der Waals surface area contributed by atoms with E-state index in [9.17, 15) is 4.39 Å². The van der Waals surface area contributed by atoms with Crippen molar-refractivity contribution in [2.45, 2.75) is 13.0 Å². The highest BCUT2D eigenvalue weighted by Gasteiger charge is 2.21. The lowest BCUT2D eigenvalue weighted by Gasteiger charge is -2.19. The first-order chi connectivity index (χ1) is 8.59. The van der Waals surface area contributed by atoms with Crippen LogP contribution in [0.25, 0.3) is 10.9 Å². The number of rotatable bonds is 0. The van der Waals surface area contributed by atoms with Crippen LogP contribution in [0, 0.1) is 5.82 Å². The first-order valence-corrected chi connectivity index (χ1v) is 6.45. The fourth-order valence-corrected chi connectivity index (χ4v) is 3.01. The van der Waals surface area contributed by atoms with E-state index in [0.29, 0.717) is 35.6 Å². The first-order valence-electron chi connectivity index (χ1n) is 5.31. The molecule has 0 saturated heterocycles. The van der Waals surface area contributed by atoms with Gasteiger partial charge in [-0.05, 0) is 6.07 Å². The molecule has 0 N–H and O–H groups in total. The van der Waals surface area contributed by atoms with Crippen LogP contribution in [0.4, 0.5) is 4.39 Å². The van der Waals surface area contributed by atoms with Gasteiger partial charge < -0.3 is 4.74 Å². The minimum absolute atomic E-state index is 0.0527. The van der Waals surface area contributed by atoms with Crippen LogP contribution in [0.15, 0.2) is 6.07 Å².